The summed E-state index contributed by atoms with van der Waals surface area (Å²) in [7, 11) is 0. The van der Waals surface area contributed by atoms with Gasteiger partial charge in [-0.3, -0.25) is 4.90 Å². The minimum atomic E-state index is -1.56. The first-order valence-electron chi connectivity index (χ1n) is 15.5. The Labute approximate surface area is 271 Å². The first-order chi connectivity index (χ1) is 22.0. The zero-order chi connectivity index (χ0) is 32.7. The third-order valence-electron chi connectivity index (χ3n) is 9.32. The number of cyclic esters (lactones) is 1. The van der Waals surface area contributed by atoms with Crippen LogP contribution in [0.2, 0.25) is 0 Å². The molecule has 1 unspecified atom stereocenters. The van der Waals surface area contributed by atoms with Crippen molar-refractivity contribution in [2.75, 3.05) is 13.2 Å². The summed E-state index contributed by atoms with van der Waals surface area (Å²) in [6.45, 7) is 7.80. The maximum absolute atomic E-state index is 13.6. The maximum Gasteiger partial charge on any atom is 0.411 e. The number of fused-ring (bicyclic) bond motifs is 2. The number of esters is 1. The molecule has 0 aromatic heterocycles. The molecule has 12 nitrogen and oxygen atoms in total. The summed E-state index contributed by atoms with van der Waals surface area (Å²) in [5.41, 5.74) is 0.354. The molecule has 0 bridgehead atoms. The summed E-state index contributed by atoms with van der Waals surface area (Å²) in [5, 5.41) is 30.9. The summed E-state index contributed by atoms with van der Waals surface area (Å²) in [6, 6.07) is 17.0. The number of thioether (sulfide) groups is 1. The van der Waals surface area contributed by atoms with Crippen molar-refractivity contribution in [3.8, 4) is 0 Å². The SMILES string of the molecule is CC(C)C(C)(C)O[C@@H]1O[C@@H]2COC(c3ccccc3)O[C@@H]2[C@H](S[C@H]2[C@H](O)[C@@H](O)[C@H](O)[C@H]3COC(=O)N32)[C@H]1OC(=O)c1ccccc1. The van der Waals surface area contributed by atoms with Gasteiger partial charge in [-0.15, -0.1) is 11.8 Å². The van der Waals surface area contributed by atoms with Crippen LogP contribution in [0.5, 0.6) is 0 Å². The van der Waals surface area contributed by atoms with E-state index in [2.05, 4.69) is 0 Å². The average Bonchev–Trinajstić information content (AvgIpc) is 3.44. The second-order valence-electron chi connectivity index (χ2n) is 12.8. The van der Waals surface area contributed by atoms with E-state index in [9.17, 15) is 24.9 Å². The number of aliphatic hydroxyl groups excluding tert-OH is 3. The number of carbonyl (C=O) groups is 2. The average molecular weight is 660 g/mol. The Morgan fingerprint density at radius 2 is 1.63 bits per heavy atom. The number of piperidine rings is 1. The highest BCUT2D eigenvalue weighted by Crippen LogP contribution is 2.46. The van der Waals surface area contributed by atoms with Crippen molar-refractivity contribution in [1.82, 2.24) is 4.90 Å². The number of rotatable bonds is 8. The van der Waals surface area contributed by atoms with Gasteiger partial charge in [0, 0.05) is 5.56 Å². The Morgan fingerprint density at radius 1 is 0.957 bits per heavy atom. The van der Waals surface area contributed by atoms with Crippen LogP contribution in [-0.2, 0) is 28.4 Å². The Bertz CT molecular complexity index is 1360. The van der Waals surface area contributed by atoms with Gasteiger partial charge in [0.2, 0.25) is 0 Å². The van der Waals surface area contributed by atoms with Gasteiger partial charge in [-0.1, -0.05) is 62.4 Å². The number of hydrogen-bond acceptors (Lipinski definition) is 12. The predicted octanol–water partition coefficient (Wildman–Crippen LogP) is 2.85. The molecule has 3 N–H and O–H groups in total. The van der Waals surface area contributed by atoms with E-state index in [0.29, 0.717) is 5.56 Å². The van der Waals surface area contributed by atoms with Crippen LogP contribution in [0, 0.1) is 5.92 Å². The first-order valence-corrected chi connectivity index (χ1v) is 16.5. The predicted molar refractivity (Wildman–Crippen MR) is 164 cm³/mol. The molecule has 4 fully saturated rings. The molecule has 13 heteroatoms. The van der Waals surface area contributed by atoms with Gasteiger partial charge in [0.1, 0.15) is 42.5 Å². The lowest BCUT2D eigenvalue weighted by molar-refractivity contribution is -0.348. The molecule has 2 aromatic carbocycles. The van der Waals surface area contributed by atoms with Crippen LogP contribution in [-0.4, -0.2) is 111 Å². The van der Waals surface area contributed by atoms with E-state index in [-0.39, 0.29) is 19.1 Å². The highest BCUT2D eigenvalue weighted by atomic mass is 32.2. The normalized spacial score (nSPS) is 36.1. The van der Waals surface area contributed by atoms with E-state index in [4.69, 9.17) is 28.4 Å². The summed E-state index contributed by atoms with van der Waals surface area (Å²) < 4.78 is 37.1. The fraction of sp³-hybridized carbons (Fsp3) is 0.576. The molecule has 4 heterocycles. The molecule has 11 atom stereocenters. The van der Waals surface area contributed by atoms with Crippen molar-refractivity contribution in [2.24, 2.45) is 5.92 Å². The molecule has 0 saturated carbocycles. The van der Waals surface area contributed by atoms with Crippen molar-refractivity contribution in [2.45, 2.75) is 99.2 Å². The van der Waals surface area contributed by atoms with Crippen molar-refractivity contribution in [3.63, 3.8) is 0 Å². The minimum absolute atomic E-state index is 0.0450. The lowest BCUT2D eigenvalue weighted by Crippen LogP contribution is -2.67. The van der Waals surface area contributed by atoms with Gasteiger partial charge in [-0.2, -0.15) is 0 Å². The largest absolute Gasteiger partial charge is 0.452 e. The van der Waals surface area contributed by atoms with E-state index in [1.807, 2.05) is 58.0 Å². The van der Waals surface area contributed by atoms with Crippen LogP contribution in [0.4, 0.5) is 4.79 Å². The van der Waals surface area contributed by atoms with Gasteiger partial charge < -0.3 is 43.7 Å². The van der Waals surface area contributed by atoms with E-state index < -0.39 is 83.5 Å². The minimum Gasteiger partial charge on any atom is -0.452 e. The number of carbonyl (C=O) groups excluding carboxylic acids is 2. The van der Waals surface area contributed by atoms with Gasteiger partial charge in [-0.25, -0.2) is 9.59 Å². The molecule has 0 aliphatic carbocycles. The van der Waals surface area contributed by atoms with Crippen LogP contribution < -0.4 is 0 Å². The fourth-order valence-electron chi connectivity index (χ4n) is 5.98. The van der Waals surface area contributed by atoms with Crippen molar-refractivity contribution < 1.29 is 53.3 Å². The Balaban J connectivity index is 1.40. The molecule has 0 spiro atoms. The molecule has 4 aliphatic rings. The molecule has 0 radical (unpaired) electrons. The van der Waals surface area contributed by atoms with Crippen LogP contribution >= 0.6 is 11.8 Å². The van der Waals surface area contributed by atoms with Crippen LogP contribution in [0.3, 0.4) is 0 Å². The summed E-state index contributed by atoms with van der Waals surface area (Å²) in [4.78, 5) is 27.8. The first kappa shape index (κ1) is 33.2. The van der Waals surface area contributed by atoms with Gasteiger partial charge in [-0.05, 0) is 31.9 Å². The van der Waals surface area contributed by atoms with Crippen LogP contribution in [0.25, 0.3) is 0 Å². The summed E-state index contributed by atoms with van der Waals surface area (Å²) in [5.74, 6) is -0.581. The Kier molecular flexibility index (Phi) is 9.66. The quantitative estimate of drug-likeness (QED) is 0.357. The second kappa shape index (κ2) is 13.4. The second-order valence-corrected chi connectivity index (χ2v) is 14.1. The number of ether oxygens (including phenoxy) is 6. The van der Waals surface area contributed by atoms with E-state index >= 15 is 0 Å². The van der Waals surface area contributed by atoms with Crippen molar-refractivity contribution in [3.05, 3.63) is 71.8 Å². The fourth-order valence-corrected chi connectivity index (χ4v) is 7.73. The van der Waals surface area contributed by atoms with E-state index in [0.717, 1.165) is 17.3 Å². The topological polar surface area (TPSA) is 153 Å². The summed E-state index contributed by atoms with van der Waals surface area (Å²) >= 11 is 1.09. The smallest absolute Gasteiger partial charge is 0.411 e. The monoisotopic (exact) mass is 659 g/mol. The standard InChI is InChI=1S/C33H41NO11S/c1-17(2)33(3,4)45-31-26(43-29(38)18-11-7-5-8-12-18)27(25-21(42-31)16-40-30(44-25)19-13-9-6-10-14-19)46-28-24(37)23(36)22(35)20-15-41-32(39)34(20)28/h5-14,17,20-28,30-31,35-37H,15-16H2,1-4H3/t20-,21-,22-,23+,24-,25+,26-,27+,28+,30?,31+/m1/s1. The van der Waals surface area contributed by atoms with Gasteiger partial charge in [0.25, 0.3) is 0 Å². The summed E-state index contributed by atoms with van der Waals surface area (Å²) in [6.07, 6.45) is -9.74. The molecular formula is C33H41NO11S. The van der Waals surface area contributed by atoms with E-state index in [1.54, 1.807) is 30.3 Å². The Hall–Kier alpha value is -2.75. The molecule has 1 amide bonds. The zero-order valence-corrected chi connectivity index (χ0v) is 26.9. The molecule has 2 aromatic rings. The van der Waals surface area contributed by atoms with Crippen LogP contribution in [0.15, 0.2) is 60.7 Å². The third-order valence-corrected chi connectivity index (χ3v) is 11.0. The molecule has 46 heavy (non-hydrogen) atoms. The lowest BCUT2D eigenvalue weighted by atomic mass is 9.93. The Morgan fingerprint density at radius 3 is 2.30 bits per heavy atom. The number of aliphatic hydroxyl groups is 3. The third kappa shape index (κ3) is 6.39. The molecule has 6 rings (SSSR count). The number of benzene rings is 2. The number of amides is 1. The van der Waals surface area contributed by atoms with Gasteiger partial charge in [0.05, 0.1) is 29.1 Å². The lowest BCUT2D eigenvalue weighted by Gasteiger charge is -2.52. The zero-order valence-electron chi connectivity index (χ0n) is 26.1. The van der Waals surface area contributed by atoms with Crippen molar-refractivity contribution >= 4 is 23.8 Å². The highest BCUT2D eigenvalue weighted by Gasteiger charge is 2.59. The highest BCUT2D eigenvalue weighted by molar-refractivity contribution is 8.00. The van der Waals surface area contributed by atoms with Crippen LogP contribution in [0.1, 0.15) is 49.9 Å². The van der Waals surface area contributed by atoms with E-state index in [1.165, 1.54) is 4.90 Å². The maximum atomic E-state index is 13.6. The number of hydrogen-bond donors (Lipinski definition) is 3. The molecule has 250 valence electrons. The van der Waals surface area contributed by atoms with Gasteiger partial charge >= 0.3 is 12.1 Å². The molecular weight excluding hydrogens is 618 g/mol. The van der Waals surface area contributed by atoms with Gasteiger partial charge in [0.15, 0.2) is 18.7 Å². The number of nitrogens with zero attached hydrogens (tertiary/aromatic N) is 1. The van der Waals surface area contributed by atoms with Crippen molar-refractivity contribution in [1.29, 1.82) is 0 Å². The molecule has 4 aliphatic heterocycles. The molecule has 4 saturated heterocycles.